The standard InChI is InChI=1S/C8H16BrN/c9-5-4-8-10-6-2-1-3-7-10/h1-8H2. The van der Waals surface area contributed by atoms with Gasteiger partial charge in [0.2, 0.25) is 0 Å². The molecule has 1 saturated heterocycles. The summed E-state index contributed by atoms with van der Waals surface area (Å²) in [5, 5.41) is 1.16. The molecule has 10 heavy (non-hydrogen) atoms. The lowest BCUT2D eigenvalue weighted by molar-refractivity contribution is 0.230. The van der Waals surface area contributed by atoms with Gasteiger partial charge in [-0.1, -0.05) is 22.4 Å². The molecule has 1 aliphatic rings. The van der Waals surface area contributed by atoms with E-state index in [1.165, 1.54) is 45.3 Å². The van der Waals surface area contributed by atoms with Gasteiger partial charge in [0.1, 0.15) is 0 Å². The minimum atomic E-state index is 1.16. The molecule has 0 aliphatic carbocycles. The molecule has 0 N–H and O–H groups in total. The Balaban J connectivity index is 2.02. The highest BCUT2D eigenvalue weighted by molar-refractivity contribution is 9.09. The first-order valence-electron chi connectivity index (χ1n) is 4.22. The van der Waals surface area contributed by atoms with E-state index in [1.807, 2.05) is 0 Å². The molecular formula is C8H16BrN. The second-order valence-electron chi connectivity index (χ2n) is 2.94. The van der Waals surface area contributed by atoms with Crippen LogP contribution in [-0.2, 0) is 0 Å². The minimum absolute atomic E-state index is 1.16. The molecule has 0 atom stereocenters. The highest BCUT2D eigenvalue weighted by Gasteiger charge is 2.07. The molecule has 0 saturated carbocycles. The van der Waals surface area contributed by atoms with Crippen molar-refractivity contribution in [3.63, 3.8) is 0 Å². The molecule has 0 unspecified atom stereocenters. The zero-order valence-corrected chi connectivity index (χ0v) is 8.07. The lowest BCUT2D eigenvalue weighted by Crippen LogP contribution is -2.30. The fourth-order valence-electron chi connectivity index (χ4n) is 1.47. The van der Waals surface area contributed by atoms with Gasteiger partial charge < -0.3 is 4.90 Å². The molecule has 0 aromatic carbocycles. The molecular weight excluding hydrogens is 190 g/mol. The van der Waals surface area contributed by atoms with E-state index in [0.29, 0.717) is 0 Å². The Bertz CT molecular complexity index is 79.3. The first-order valence-corrected chi connectivity index (χ1v) is 5.34. The van der Waals surface area contributed by atoms with Crippen molar-refractivity contribution in [1.82, 2.24) is 4.90 Å². The summed E-state index contributed by atoms with van der Waals surface area (Å²) in [5.41, 5.74) is 0. The highest BCUT2D eigenvalue weighted by atomic mass is 79.9. The van der Waals surface area contributed by atoms with Crippen LogP contribution in [0.2, 0.25) is 0 Å². The summed E-state index contributed by atoms with van der Waals surface area (Å²) in [6.07, 6.45) is 5.59. The van der Waals surface area contributed by atoms with Crippen molar-refractivity contribution in [2.45, 2.75) is 25.7 Å². The van der Waals surface area contributed by atoms with Gasteiger partial charge in [-0.3, -0.25) is 0 Å². The van der Waals surface area contributed by atoms with Crippen molar-refractivity contribution in [1.29, 1.82) is 0 Å². The van der Waals surface area contributed by atoms with E-state index >= 15 is 0 Å². The average Bonchev–Trinajstić information content (AvgIpc) is 2.03. The van der Waals surface area contributed by atoms with Crippen LogP contribution in [0.3, 0.4) is 0 Å². The number of likely N-dealkylation sites (tertiary alicyclic amines) is 1. The fraction of sp³-hybridized carbons (Fsp3) is 1.00. The lowest BCUT2D eigenvalue weighted by atomic mass is 10.1. The van der Waals surface area contributed by atoms with Crippen LogP contribution in [-0.4, -0.2) is 29.9 Å². The number of halogens is 1. The van der Waals surface area contributed by atoms with E-state index in [-0.39, 0.29) is 0 Å². The first kappa shape index (κ1) is 8.54. The van der Waals surface area contributed by atoms with Gasteiger partial charge in [0, 0.05) is 5.33 Å². The number of alkyl halides is 1. The van der Waals surface area contributed by atoms with Crippen LogP contribution in [0.5, 0.6) is 0 Å². The van der Waals surface area contributed by atoms with E-state index in [2.05, 4.69) is 20.8 Å². The van der Waals surface area contributed by atoms with E-state index in [0.717, 1.165) is 5.33 Å². The largest absolute Gasteiger partial charge is 0.303 e. The Labute approximate surface area is 71.9 Å². The van der Waals surface area contributed by atoms with Crippen molar-refractivity contribution in [2.75, 3.05) is 25.0 Å². The minimum Gasteiger partial charge on any atom is -0.303 e. The molecule has 0 spiro atoms. The Morgan fingerprint density at radius 3 is 2.40 bits per heavy atom. The van der Waals surface area contributed by atoms with E-state index < -0.39 is 0 Å². The predicted octanol–water partition coefficient (Wildman–Crippen LogP) is 2.26. The second kappa shape index (κ2) is 5.14. The molecule has 1 aliphatic heterocycles. The van der Waals surface area contributed by atoms with E-state index in [9.17, 15) is 0 Å². The quantitative estimate of drug-likeness (QED) is 0.640. The molecule has 1 rings (SSSR count). The summed E-state index contributed by atoms with van der Waals surface area (Å²) >= 11 is 3.45. The summed E-state index contributed by atoms with van der Waals surface area (Å²) in [5.74, 6) is 0. The number of rotatable bonds is 3. The smallest absolute Gasteiger partial charge is 0.00434 e. The molecule has 0 bridgehead atoms. The molecule has 1 nitrogen and oxygen atoms in total. The van der Waals surface area contributed by atoms with Gasteiger partial charge in [0.05, 0.1) is 0 Å². The molecule has 0 amide bonds. The van der Waals surface area contributed by atoms with Crippen LogP contribution in [0.15, 0.2) is 0 Å². The van der Waals surface area contributed by atoms with Gasteiger partial charge in [0.15, 0.2) is 0 Å². The van der Waals surface area contributed by atoms with Gasteiger partial charge in [-0.2, -0.15) is 0 Å². The second-order valence-corrected chi connectivity index (χ2v) is 3.74. The lowest BCUT2D eigenvalue weighted by Gasteiger charge is -2.25. The van der Waals surface area contributed by atoms with E-state index in [4.69, 9.17) is 0 Å². The van der Waals surface area contributed by atoms with Crippen LogP contribution in [0.25, 0.3) is 0 Å². The van der Waals surface area contributed by atoms with Crippen LogP contribution in [0.4, 0.5) is 0 Å². The van der Waals surface area contributed by atoms with Crippen molar-refractivity contribution < 1.29 is 0 Å². The van der Waals surface area contributed by atoms with Gasteiger partial charge in [-0.15, -0.1) is 0 Å². The Morgan fingerprint density at radius 1 is 1.10 bits per heavy atom. The maximum absolute atomic E-state index is 3.45. The van der Waals surface area contributed by atoms with Gasteiger partial charge in [0.25, 0.3) is 0 Å². The molecule has 0 aromatic rings. The van der Waals surface area contributed by atoms with E-state index in [1.54, 1.807) is 0 Å². The fourth-order valence-corrected chi connectivity index (χ4v) is 1.72. The zero-order chi connectivity index (χ0) is 7.23. The maximum atomic E-state index is 3.45. The molecule has 2 heteroatoms. The zero-order valence-electron chi connectivity index (χ0n) is 6.48. The molecule has 1 fully saturated rings. The Kier molecular flexibility index (Phi) is 4.39. The van der Waals surface area contributed by atoms with Crippen LogP contribution < -0.4 is 0 Å². The van der Waals surface area contributed by atoms with Gasteiger partial charge in [-0.05, 0) is 38.9 Å². The number of hydrogen-bond acceptors (Lipinski definition) is 1. The van der Waals surface area contributed by atoms with Crippen molar-refractivity contribution in [3.05, 3.63) is 0 Å². The summed E-state index contributed by atoms with van der Waals surface area (Å²) in [6.45, 7) is 3.98. The van der Waals surface area contributed by atoms with Crippen molar-refractivity contribution >= 4 is 15.9 Å². The summed E-state index contributed by atoms with van der Waals surface area (Å²) in [6, 6.07) is 0. The van der Waals surface area contributed by atoms with Crippen LogP contribution in [0.1, 0.15) is 25.7 Å². The topological polar surface area (TPSA) is 3.24 Å². The number of hydrogen-bond donors (Lipinski definition) is 0. The third-order valence-corrected chi connectivity index (χ3v) is 2.62. The first-order chi connectivity index (χ1) is 4.93. The number of nitrogens with zero attached hydrogens (tertiary/aromatic N) is 1. The maximum Gasteiger partial charge on any atom is 0.00434 e. The summed E-state index contributed by atoms with van der Waals surface area (Å²) < 4.78 is 0. The van der Waals surface area contributed by atoms with Crippen LogP contribution in [0, 0.1) is 0 Å². The van der Waals surface area contributed by atoms with Gasteiger partial charge >= 0.3 is 0 Å². The molecule has 0 aromatic heterocycles. The molecule has 60 valence electrons. The summed E-state index contributed by atoms with van der Waals surface area (Å²) in [4.78, 5) is 2.57. The highest BCUT2D eigenvalue weighted by Crippen LogP contribution is 2.08. The third kappa shape index (κ3) is 3.02. The van der Waals surface area contributed by atoms with Crippen LogP contribution >= 0.6 is 15.9 Å². The third-order valence-electron chi connectivity index (χ3n) is 2.06. The Morgan fingerprint density at radius 2 is 1.80 bits per heavy atom. The van der Waals surface area contributed by atoms with Crippen molar-refractivity contribution in [2.24, 2.45) is 0 Å². The Hall–Kier alpha value is 0.440. The monoisotopic (exact) mass is 205 g/mol. The van der Waals surface area contributed by atoms with Crippen molar-refractivity contribution in [3.8, 4) is 0 Å². The summed E-state index contributed by atoms with van der Waals surface area (Å²) in [7, 11) is 0. The molecule has 1 heterocycles. The SMILES string of the molecule is BrCCCN1CCCCC1. The van der Waals surface area contributed by atoms with Gasteiger partial charge in [-0.25, -0.2) is 0 Å². The average molecular weight is 206 g/mol. The molecule has 0 radical (unpaired) electrons. The normalized spacial score (nSPS) is 21.3. The number of piperidine rings is 1. The predicted molar refractivity (Wildman–Crippen MR) is 48.7 cm³/mol.